The summed E-state index contributed by atoms with van der Waals surface area (Å²) in [6.07, 6.45) is 0. The number of carboxylic acid groups (broad SMARTS) is 1. The van der Waals surface area contributed by atoms with E-state index in [1.165, 1.54) is 0 Å². The number of nitrogens with one attached hydrogen (secondary N) is 1. The molecule has 1 heterocycles. The Kier molecular flexibility index (Phi) is 2.87. The zero-order chi connectivity index (χ0) is 14.1. The maximum atomic E-state index is 11.2. The highest BCUT2D eigenvalue weighted by Crippen LogP contribution is 2.29. The van der Waals surface area contributed by atoms with Crippen molar-refractivity contribution in [2.75, 3.05) is 7.11 Å². The van der Waals surface area contributed by atoms with Gasteiger partial charge in [-0.2, -0.15) is 5.10 Å². The van der Waals surface area contributed by atoms with Gasteiger partial charge in [0.05, 0.1) is 18.2 Å². The summed E-state index contributed by atoms with van der Waals surface area (Å²) in [7, 11) is 1.60. The summed E-state index contributed by atoms with van der Waals surface area (Å²) in [4.78, 5) is 11.2. The van der Waals surface area contributed by atoms with Gasteiger partial charge in [0.25, 0.3) is 0 Å². The number of aromatic nitrogens is 2. The zero-order valence-electron chi connectivity index (χ0n) is 10.8. The number of para-hydroxylation sites is 1. The molecule has 0 fully saturated rings. The lowest BCUT2D eigenvalue weighted by Crippen LogP contribution is -1.96. The fraction of sp³-hybridized carbons (Fsp3) is 0.0667. The number of nitrogens with zero attached hydrogens (tertiary/aromatic N) is 1. The smallest absolute Gasteiger partial charge is 0.337 e. The average molecular weight is 268 g/mol. The Morgan fingerprint density at radius 3 is 2.80 bits per heavy atom. The number of ether oxygens (including phenoxy) is 1. The van der Waals surface area contributed by atoms with Crippen LogP contribution in [0.25, 0.3) is 22.2 Å². The van der Waals surface area contributed by atoms with Crippen molar-refractivity contribution in [1.29, 1.82) is 0 Å². The van der Waals surface area contributed by atoms with Crippen molar-refractivity contribution in [1.82, 2.24) is 10.2 Å². The van der Waals surface area contributed by atoms with Crippen molar-refractivity contribution in [2.45, 2.75) is 0 Å². The molecule has 5 nitrogen and oxygen atoms in total. The molecule has 3 rings (SSSR count). The van der Waals surface area contributed by atoms with E-state index in [-0.39, 0.29) is 5.56 Å². The van der Waals surface area contributed by atoms with Gasteiger partial charge in [-0.25, -0.2) is 4.79 Å². The molecule has 0 aliphatic heterocycles. The Bertz CT molecular complexity index is 793. The van der Waals surface area contributed by atoms with E-state index in [1.54, 1.807) is 19.2 Å². The minimum Gasteiger partial charge on any atom is -0.497 e. The largest absolute Gasteiger partial charge is 0.497 e. The van der Waals surface area contributed by atoms with Gasteiger partial charge in [-0.05, 0) is 18.2 Å². The van der Waals surface area contributed by atoms with Crippen molar-refractivity contribution in [3.05, 3.63) is 48.0 Å². The van der Waals surface area contributed by atoms with Gasteiger partial charge in [-0.1, -0.05) is 24.3 Å². The molecule has 0 bridgehead atoms. The zero-order valence-corrected chi connectivity index (χ0v) is 10.8. The summed E-state index contributed by atoms with van der Waals surface area (Å²) in [5.41, 5.74) is 2.32. The fourth-order valence-electron chi connectivity index (χ4n) is 2.21. The first-order valence-corrected chi connectivity index (χ1v) is 6.05. The molecule has 0 unspecified atom stereocenters. The number of hydrogen-bond acceptors (Lipinski definition) is 3. The third-order valence-electron chi connectivity index (χ3n) is 3.17. The molecule has 0 aliphatic rings. The fourth-order valence-corrected chi connectivity index (χ4v) is 2.21. The molecule has 2 N–H and O–H groups in total. The molecule has 1 aromatic heterocycles. The Balaban J connectivity index is 2.22. The minimum absolute atomic E-state index is 0.212. The van der Waals surface area contributed by atoms with E-state index < -0.39 is 5.97 Å². The van der Waals surface area contributed by atoms with Crippen LogP contribution in [0.5, 0.6) is 5.75 Å². The van der Waals surface area contributed by atoms with Gasteiger partial charge in [0.1, 0.15) is 11.4 Å². The molecule has 3 aromatic rings. The van der Waals surface area contributed by atoms with Gasteiger partial charge >= 0.3 is 5.97 Å². The van der Waals surface area contributed by atoms with Gasteiger partial charge in [0.2, 0.25) is 0 Å². The van der Waals surface area contributed by atoms with Crippen LogP contribution in [0, 0.1) is 0 Å². The molecular weight excluding hydrogens is 256 g/mol. The summed E-state index contributed by atoms with van der Waals surface area (Å²) in [5.74, 6) is -0.246. The molecule has 0 atom stereocenters. The SMILES string of the molecule is COc1cccc(-c2n[nH]c3c(C(=O)O)cccc23)c1. The highest BCUT2D eigenvalue weighted by atomic mass is 16.5. The standard InChI is InChI=1S/C15H12N2O3/c1-20-10-5-2-4-9(8-10)13-11-6-3-7-12(15(18)19)14(11)17-16-13/h2-8H,1H3,(H,16,17)(H,18,19). The molecule has 0 saturated heterocycles. The molecule has 20 heavy (non-hydrogen) atoms. The van der Waals surface area contributed by atoms with E-state index in [4.69, 9.17) is 4.74 Å². The Labute approximate surface area is 114 Å². The van der Waals surface area contributed by atoms with Gasteiger partial charge in [0, 0.05) is 10.9 Å². The van der Waals surface area contributed by atoms with Crippen LogP contribution in [-0.2, 0) is 0 Å². The predicted molar refractivity (Wildman–Crippen MR) is 75.0 cm³/mol. The highest BCUT2D eigenvalue weighted by molar-refractivity contribution is 6.05. The molecule has 0 spiro atoms. The van der Waals surface area contributed by atoms with Crippen LogP contribution >= 0.6 is 0 Å². The lowest BCUT2D eigenvalue weighted by molar-refractivity contribution is 0.0699. The quantitative estimate of drug-likeness (QED) is 0.765. The molecule has 2 aromatic carbocycles. The summed E-state index contributed by atoms with van der Waals surface area (Å²) >= 11 is 0. The molecule has 100 valence electrons. The number of aromatic amines is 1. The van der Waals surface area contributed by atoms with Gasteiger partial charge < -0.3 is 9.84 Å². The molecule has 5 heteroatoms. The number of H-pyrrole nitrogens is 1. The summed E-state index contributed by atoms with van der Waals surface area (Å²) in [6, 6.07) is 12.6. The monoisotopic (exact) mass is 268 g/mol. The van der Waals surface area contributed by atoms with Gasteiger partial charge in [0.15, 0.2) is 0 Å². The first kappa shape index (κ1) is 12.2. The highest BCUT2D eigenvalue weighted by Gasteiger charge is 2.14. The maximum Gasteiger partial charge on any atom is 0.337 e. The number of carbonyl (C=O) groups is 1. The Morgan fingerprint density at radius 2 is 2.05 bits per heavy atom. The first-order valence-electron chi connectivity index (χ1n) is 6.05. The molecule has 0 amide bonds. The number of methoxy groups -OCH3 is 1. The van der Waals surface area contributed by atoms with E-state index in [2.05, 4.69) is 10.2 Å². The van der Waals surface area contributed by atoms with Crippen molar-refractivity contribution in [2.24, 2.45) is 0 Å². The molecule has 0 radical (unpaired) electrons. The third-order valence-corrected chi connectivity index (χ3v) is 3.17. The van der Waals surface area contributed by atoms with Crippen molar-refractivity contribution in [3.8, 4) is 17.0 Å². The van der Waals surface area contributed by atoms with Crippen molar-refractivity contribution < 1.29 is 14.6 Å². The van der Waals surface area contributed by atoms with Gasteiger partial charge in [-0.15, -0.1) is 0 Å². The second-order valence-electron chi connectivity index (χ2n) is 4.34. The van der Waals surface area contributed by atoms with E-state index in [9.17, 15) is 9.90 Å². The average Bonchev–Trinajstić information content (AvgIpc) is 2.91. The lowest BCUT2D eigenvalue weighted by atomic mass is 10.1. The van der Waals surface area contributed by atoms with E-state index >= 15 is 0 Å². The van der Waals surface area contributed by atoms with Crippen molar-refractivity contribution in [3.63, 3.8) is 0 Å². The summed E-state index contributed by atoms with van der Waals surface area (Å²) in [5, 5.41) is 17.0. The topological polar surface area (TPSA) is 75.2 Å². The van der Waals surface area contributed by atoms with E-state index in [0.717, 1.165) is 16.7 Å². The minimum atomic E-state index is -0.976. The molecule has 0 aliphatic carbocycles. The molecule has 0 saturated carbocycles. The first-order chi connectivity index (χ1) is 9.70. The summed E-state index contributed by atoms with van der Waals surface area (Å²) in [6.45, 7) is 0. The normalized spacial score (nSPS) is 10.7. The van der Waals surface area contributed by atoms with Crippen LogP contribution in [0.4, 0.5) is 0 Å². The number of hydrogen-bond donors (Lipinski definition) is 2. The number of rotatable bonds is 3. The molecular formula is C15H12N2O3. The van der Waals surface area contributed by atoms with Crippen LogP contribution in [0.15, 0.2) is 42.5 Å². The van der Waals surface area contributed by atoms with Crippen LogP contribution in [0.2, 0.25) is 0 Å². The second-order valence-corrected chi connectivity index (χ2v) is 4.34. The van der Waals surface area contributed by atoms with Crippen LogP contribution < -0.4 is 4.74 Å². The Hall–Kier alpha value is -2.82. The van der Waals surface area contributed by atoms with Crippen molar-refractivity contribution >= 4 is 16.9 Å². The van der Waals surface area contributed by atoms with E-state index in [0.29, 0.717) is 11.2 Å². The number of fused-ring (bicyclic) bond motifs is 1. The second kappa shape index (κ2) is 4.70. The van der Waals surface area contributed by atoms with Crippen LogP contribution in [0.1, 0.15) is 10.4 Å². The number of benzene rings is 2. The van der Waals surface area contributed by atoms with Crippen LogP contribution in [0.3, 0.4) is 0 Å². The Morgan fingerprint density at radius 1 is 1.25 bits per heavy atom. The lowest BCUT2D eigenvalue weighted by Gasteiger charge is -2.02. The predicted octanol–water partition coefficient (Wildman–Crippen LogP) is 2.94. The number of carboxylic acids is 1. The third kappa shape index (κ3) is 1.89. The van der Waals surface area contributed by atoms with E-state index in [1.807, 2.05) is 30.3 Å². The van der Waals surface area contributed by atoms with Crippen LogP contribution in [-0.4, -0.2) is 28.4 Å². The maximum absolute atomic E-state index is 11.2. The van der Waals surface area contributed by atoms with Gasteiger partial charge in [-0.3, -0.25) is 5.10 Å². The summed E-state index contributed by atoms with van der Waals surface area (Å²) < 4.78 is 5.19. The number of aromatic carboxylic acids is 1.